The summed E-state index contributed by atoms with van der Waals surface area (Å²) in [5.74, 6) is 1.11. The van der Waals surface area contributed by atoms with Crippen molar-refractivity contribution >= 4 is 25.6 Å². The molecule has 0 fully saturated rings. The molecule has 0 saturated heterocycles. The van der Waals surface area contributed by atoms with E-state index in [1.165, 1.54) is 0 Å². The van der Waals surface area contributed by atoms with E-state index >= 15 is 0 Å². The fourth-order valence-electron chi connectivity index (χ4n) is 2.91. The van der Waals surface area contributed by atoms with Gasteiger partial charge < -0.3 is 0 Å². The van der Waals surface area contributed by atoms with Gasteiger partial charge in [0, 0.05) is 19.9 Å². The summed E-state index contributed by atoms with van der Waals surface area (Å²) in [5, 5.41) is 0. The molecule has 1 heterocycles. The molecule has 3 aromatic rings. The van der Waals surface area contributed by atoms with Crippen molar-refractivity contribution in [1.82, 2.24) is 0 Å². The molecule has 4 rings (SSSR count). The van der Waals surface area contributed by atoms with E-state index in [-0.39, 0.29) is 0 Å². The molecule has 0 aromatic heterocycles. The zero-order valence-electron chi connectivity index (χ0n) is 14.1. The number of allylic oxidation sites excluding steroid dienone is 1. The average molecular weight is 379 g/mol. The number of rotatable bonds is 4. The maximum atomic E-state index is 12.4. The van der Waals surface area contributed by atoms with Crippen molar-refractivity contribution in [2.24, 2.45) is 0 Å². The van der Waals surface area contributed by atoms with Gasteiger partial charge in [-0.05, 0) is 42.3 Å². The quantitative estimate of drug-likeness (QED) is 0.292. The second-order valence-electron chi connectivity index (χ2n) is 5.74. The summed E-state index contributed by atoms with van der Waals surface area (Å²) in [5.41, 5.74) is 3.11. The van der Waals surface area contributed by atoms with E-state index in [4.69, 9.17) is 9.05 Å². The molecule has 0 amide bonds. The van der Waals surface area contributed by atoms with Crippen molar-refractivity contribution in [1.29, 1.82) is 0 Å². The Morgan fingerprint density at radius 2 is 1.35 bits per heavy atom. The van der Waals surface area contributed by atoms with E-state index in [1.807, 2.05) is 49.4 Å². The van der Waals surface area contributed by atoms with Crippen LogP contribution in [0.25, 0.3) is 5.57 Å². The molecule has 0 aliphatic carbocycles. The first-order valence-electron chi connectivity index (χ1n) is 8.18. The van der Waals surface area contributed by atoms with E-state index in [2.05, 4.69) is 24.3 Å². The van der Waals surface area contributed by atoms with Crippen molar-refractivity contribution in [2.45, 2.75) is 16.7 Å². The molecule has 0 spiro atoms. The molecule has 1 aliphatic heterocycles. The summed E-state index contributed by atoms with van der Waals surface area (Å²) in [6.45, 7) is 1.83. The number of hydrogen-bond acceptors (Lipinski definition) is 4. The summed E-state index contributed by atoms with van der Waals surface area (Å²) in [7, 11) is -2.31. The minimum atomic E-state index is -2.31. The van der Waals surface area contributed by atoms with Gasteiger partial charge in [-0.15, -0.1) is 0 Å². The van der Waals surface area contributed by atoms with Crippen LogP contribution in [0.5, 0.6) is 5.75 Å². The normalized spacial score (nSPS) is 12.7. The monoisotopic (exact) mass is 379 g/mol. The lowest BCUT2D eigenvalue weighted by Gasteiger charge is -2.22. The molecule has 1 atom stereocenters. The molecule has 0 bridgehead atoms. The summed E-state index contributed by atoms with van der Waals surface area (Å²) in [6, 6.07) is 25.4. The lowest BCUT2D eigenvalue weighted by molar-refractivity contribution is 0.359. The fraction of sp³-hybridized carbons (Fsp3) is 0.0476. The lowest BCUT2D eigenvalue weighted by Crippen LogP contribution is -2.02. The number of benzene rings is 3. The van der Waals surface area contributed by atoms with Crippen LogP contribution in [0.1, 0.15) is 18.1 Å². The van der Waals surface area contributed by atoms with Crippen molar-refractivity contribution < 1.29 is 13.6 Å². The minimum Gasteiger partial charge on any atom is -0.226 e. The highest BCUT2D eigenvalue weighted by Gasteiger charge is 2.29. The predicted molar refractivity (Wildman–Crippen MR) is 104 cm³/mol. The van der Waals surface area contributed by atoms with Crippen LogP contribution in [-0.4, -0.2) is 0 Å². The van der Waals surface area contributed by atoms with Crippen LogP contribution in [0.3, 0.4) is 0 Å². The highest BCUT2D eigenvalue weighted by atomic mass is 32.2. The fourth-order valence-corrected chi connectivity index (χ4v) is 4.65. The van der Waals surface area contributed by atoms with Crippen molar-refractivity contribution in [3.63, 3.8) is 0 Å². The van der Waals surface area contributed by atoms with Gasteiger partial charge in [0.2, 0.25) is 0 Å². The van der Waals surface area contributed by atoms with Gasteiger partial charge in [-0.3, -0.25) is 0 Å². The second-order valence-corrected chi connectivity index (χ2v) is 7.64. The molecule has 0 N–H and O–H groups in total. The highest BCUT2D eigenvalue weighted by Crippen LogP contribution is 2.47. The van der Waals surface area contributed by atoms with Crippen LogP contribution in [-0.2, 0) is 9.09 Å². The number of para-hydroxylation sites is 1. The molecule has 3 nitrogen and oxygen atoms in total. The SMILES string of the molecule is CC(O[P+](=O)Oc1ccccc1)=C1c2ccccc2Sc2ccccc21. The Morgan fingerprint density at radius 1 is 0.808 bits per heavy atom. The number of fused-ring (bicyclic) bond motifs is 2. The Balaban J connectivity index is 1.70. The zero-order valence-corrected chi connectivity index (χ0v) is 15.8. The minimum absolute atomic E-state index is 0.520. The van der Waals surface area contributed by atoms with Gasteiger partial charge in [0.05, 0.1) is 0 Å². The Hall–Kier alpha value is -2.55. The smallest absolute Gasteiger partial charge is 0.226 e. The Bertz CT molecular complexity index is 951. The summed E-state index contributed by atoms with van der Waals surface area (Å²) in [4.78, 5) is 2.31. The first-order chi connectivity index (χ1) is 12.7. The van der Waals surface area contributed by atoms with E-state index in [0.717, 1.165) is 26.5 Å². The van der Waals surface area contributed by atoms with Crippen LogP contribution in [0.2, 0.25) is 0 Å². The second kappa shape index (κ2) is 7.36. The maximum Gasteiger partial charge on any atom is 0.805 e. The van der Waals surface area contributed by atoms with E-state index in [1.54, 1.807) is 23.9 Å². The Kier molecular flexibility index (Phi) is 4.79. The predicted octanol–water partition coefficient (Wildman–Crippen LogP) is 6.68. The van der Waals surface area contributed by atoms with E-state index in [0.29, 0.717) is 11.5 Å². The van der Waals surface area contributed by atoms with Crippen molar-refractivity contribution in [2.75, 3.05) is 0 Å². The van der Waals surface area contributed by atoms with Gasteiger partial charge in [0.15, 0.2) is 11.5 Å². The van der Waals surface area contributed by atoms with Gasteiger partial charge in [0.1, 0.15) is 0 Å². The van der Waals surface area contributed by atoms with E-state index < -0.39 is 8.25 Å². The molecule has 1 aliphatic rings. The molecule has 0 saturated carbocycles. The average Bonchev–Trinajstić information content (AvgIpc) is 2.66. The first kappa shape index (κ1) is 16.9. The molecular weight excluding hydrogens is 363 g/mol. The molecule has 1 unspecified atom stereocenters. The Morgan fingerprint density at radius 3 is 1.96 bits per heavy atom. The molecule has 5 heteroatoms. The van der Waals surface area contributed by atoms with Crippen LogP contribution in [0.4, 0.5) is 0 Å². The maximum absolute atomic E-state index is 12.4. The van der Waals surface area contributed by atoms with Crippen molar-refractivity contribution in [3.8, 4) is 5.75 Å². The molecular formula is C21H16O3PS+. The number of hydrogen-bond donors (Lipinski definition) is 0. The molecule has 26 heavy (non-hydrogen) atoms. The van der Waals surface area contributed by atoms with Gasteiger partial charge in [0.25, 0.3) is 0 Å². The molecule has 3 aromatic carbocycles. The first-order valence-corrected chi connectivity index (χ1v) is 10.1. The third-order valence-corrected chi connectivity index (χ3v) is 5.95. The largest absolute Gasteiger partial charge is 0.805 e. The standard InChI is InChI=1S/C21H16O3PS/c1-15(23-25(22)24-16-9-3-2-4-10-16)21-17-11-5-7-13-19(17)26-20-14-8-6-12-18(20)21/h2-14H,1H3/q+1. The highest BCUT2D eigenvalue weighted by molar-refractivity contribution is 7.99. The van der Waals surface area contributed by atoms with Crippen LogP contribution < -0.4 is 4.52 Å². The van der Waals surface area contributed by atoms with Crippen LogP contribution in [0, 0.1) is 0 Å². The van der Waals surface area contributed by atoms with Gasteiger partial charge >= 0.3 is 8.25 Å². The van der Waals surface area contributed by atoms with E-state index in [9.17, 15) is 4.57 Å². The Labute approximate surface area is 157 Å². The van der Waals surface area contributed by atoms with Gasteiger partial charge in [-0.2, -0.15) is 0 Å². The van der Waals surface area contributed by atoms with Gasteiger partial charge in [-0.1, -0.05) is 66.4 Å². The van der Waals surface area contributed by atoms with Gasteiger partial charge in [-0.25, -0.2) is 9.05 Å². The third kappa shape index (κ3) is 3.39. The summed E-state index contributed by atoms with van der Waals surface area (Å²) >= 11 is 1.73. The zero-order chi connectivity index (χ0) is 17.9. The molecule has 128 valence electrons. The van der Waals surface area contributed by atoms with Crippen molar-refractivity contribution in [3.05, 3.63) is 95.7 Å². The summed E-state index contributed by atoms with van der Waals surface area (Å²) in [6.07, 6.45) is 0. The summed E-state index contributed by atoms with van der Waals surface area (Å²) < 4.78 is 23.4. The van der Waals surface area contributed by atoms with Crippen LogP contribution >= 0.6 is 20.0 Å². The molecule has 0 radical (unpaired) electrons. The lowest BCUT2D eigenvalue weighted by atomic mass is 9.96. The topological polar surface area (TPSA) is 35.5 Å². The van der Waals surface area contributed by atoms with Crippen LogP contribution in [0.15, 0.2) is 94.4 Å². The third-order valence-electron chi connectivity index (χ3n) is 4.02.